The van der Waals surface area contributed by atoms with Crippen molar-refractivity contribution in [2.45, 2.75) is 0 Å². The lowest BCUT2D eigenvalue weighted by Crippen LogP contribution is -2.08. The molecule has 0 rings (SSSR count). The minimum absolute atomic E-state index is 0.321. The first kappa shape index (κ1) is 12.3. The molecule has 0 aromatic heterocycles. The zero-order chi connectivity index (χ0) is 10.5. The Morgan fingerprint density at radius 1 is 1.08 bits per heavy atom. The quantitative estimate of drug-likeness (QED) is 0.397. The van der Waals surface area contributed by atoms with Crippen LogP contribution in [0.5, 0.6) is 0 Å². The Hall–Kier alpha value is -0.670. The van der Waals surface area contributed by atoms with Gasteiger partial charge in [-0.25, -0.2) is 0 Å². The molecular formula is C4H8N2O4S3. The monoisotopic (exact) mass is 244 g/mol. The molecule has 4 N–H and O–H groups in total. The zero-order valence-electron chi connectivity index (χ0n) is 6.25. The normalized spacial score (nSPS) is 14.0. The van der Waals surface area contributed by atoms with Gasteiger partial charge in [-0.05, 0) is 0 Å². The van der Waals surface area contributed by atoms with E-state index >= 15 is 0 Å². The van der Waals surface area contributed by atoms with Crippen LogP contribution in [0.15, 0.2) is 22.6 Å². The fourth-order valence-electron chi connectivity index (χ4n) is 0.282. The lowest BCUT2D eigenvalue weighted by atomic mass is 11.0. The Balaban J connectivity index is 4.44. The number of nitrogens with two attached hydrogens (primary N) is 2. The summed E-state index contributed by atoms with van der Waals surface area (Å²) in [5.41, 5.74) is 9.80. The van der Waals surface area contributed by atoms with Crippen molar-refractivity contribution in [3.63, 3.8) is 0 Å². The van der Waals surface area contributed by atoms with Crippen LogP contribution in [0.1, 0.15) is 0 Å². The molecule has 0 unspecified atom stereocenters. The molecule has 0 fully saturated rings. The van der Waals surface area contributed by atoms with E-state index < -0.39 is 10.4 Å². The highest BCUT2D eigenvalue weighted by molar-refractivity contribution is 7.88. The maximum Gasteiger partial charge on any atom is 0.502 e. The Labute approximate surface area is 86.7 Å². The highest BCUT2D eigenvalue weighted by Gasteiger charge is 2.15. The smallest absolute Gasteiger partial charge is 0.401 e. The number of hydrogen-bond donors (Lipinski definition) is 4. The molecule has 9 heteroatoms. The van der Waals surface area contributed by atoms with E-state index in [0.717, 1.165) is 12.4 Å². The molecule has 0 atom stereocenters. The van der Waals surface area contributed by atoms with Crippen LogP contribution in [0.25, 0.3) is 0 Å². The first-order valence-electron chi connectivity index (χ1n) is 2.77. The standard InChI is InChI=1S/C4H8N2O4S3/c5-1-3(11)9-13(7,8)10-4(12)2-6/h1-2,11-12H,5-6H2. The molecule has 0 saturated heterocycles. The zero-order valence-corrected chi connectivity index (χ0v) is 8.85. The van der Waals surface area contributed by atoms with E-state index in [4.69, 9.17) is 11.5 Å². The molecule has 0 aliphatic heterocycles. The van der Waals surface area contributed by atoms with Gasteiger partial charge in [-0.15, -0.1) is 33.7 Å². The van der Waals surface area contributed by atoms with E-state index in [-0.39, 0.29) is 10.2 Å². The van der Waals surface area contributed by atoms with Crippen LogP contribution in [0.3, 0.4) is 0 Å². The minimum Gasteiger partial charge on any atom is -0.401 e. The van der Waals surface area contributed by atoms with Crippen molar-refractivity contribution in [1.29, 1.82) is 0 Å². The SMILES string of the molecule is NC=C(S)OS(=O)(=O)OC(S)=CN. The summed E-state index contributed by atoms with van der Waals surface area (Å²) in [5, 5.41) is -0.642. The third kappa shape index (κ3) is 5.55. The summed E-state index contributed by atoms with van der Waals surface area (Å²) in [5.74, 6) is 0. The molecule has 0 saturated carbocycles. The number of rotatable bonds is 4. The number of hydrogen-bond acceptors (Lipinski definition) is 8. The summed E-state index contributed by atoms with van der Waals surface area (Å²) < 4.78 is 30.0. The predicted molar refractivity (Wildman–Crippen MR) is 53.6 cm³/mol. The maximum atomic E-state index is 10.8. The van der Waals surface area contributed by atoms with Gasteiger partial charge in [0, 0.05) is 12.4 Å². The summed E-state index contributed by atoms with van der Waals surface area (Å²) in [6, 6.07) is 0. The third-order valence-corrected chi connectivity index (χ3v) is 2.16. The molecule has 0 aromatic carbocycles. The average molecular weight is 244 g/mol. The molecule has 0 bridgehead atoms. The molecule has 0 spiro atoms. The fraction of sp³-hybridized carbons (Fsp3) is 0. The summed E-state index contributed by atoms with van der Waals surface area (Å²) in [6.07, 6.45) is 1.68. The second kappa shape index (κ2) is 5.14. The van der Waals surface area contributed by atoms with Crippen molar-refractivity contribution >= 4 is 35.7 Å². The van der Waals surface area contributed by atoms with E-state index in [1.54, 1.807) is 0 Å². The van der Waals surface area contributed by atoms with Gasteiger partial charge < -0.3 is 19.8 Å². The van der Waals surface area contributed by atoms with Crippen molar-refractivity contribution in [1.82, 2.24) is 0 Å². The Bertz CT molecular complexity index is 294. The molecule has 0 heterocycles. The molecule has 0 amide bonds. The van der Waals surface area contributed by atoms with Gasteiger partial charge in [-0.3, -0.25) is 0 Å². The highest BCUT2D eigenvalue weighted by atomic mass is 32.3. The van der Waals surface area contributed by atoms with E-state index in [2.05, 4.69) is 33.6 Å². The molecule has 6 nitrogen and oxygen atoms in total. The van der Waals surface area contributed by atoms with Crippen LogP contribution in [-0.2, 0) is 18.8 Å². The topological polar surface area (TPSA) is 105 Å². The lowest BCUT2D eigenvalue weighted by Gasteiger charge is -2.05. The molecular weight excluding hydrogens is 236 g/mol. The van der Waals surface area contributed by atoms with Crippen molar-refractivity contribution in [2.75, 3.05) is 0 Å². The first-order chi connectivity index (χ1) is 5.91. The van der Waals surface area contributed by atoms with Crippen molar-refractivity contribution in [3.05, 3.63) is 22.6 Å². The first-order valence-corrected chi connectivity index (χ1v) is 4.99. The molecule has 0 aromatic rings. The van der Waals surface area contributed by atoms with Gasteiger partial charge in [0.15, 0.2) is 10.2 Å². The van der Waals surface area contributed by atoms with Gasteiger partial charge >= 0.3 is 10.4 Å². The minimum atomic E-state index is -4.25. The molecule has 13 heavy (non-hydrogen) atoms. The predicted octanol–water partition coefficient (Wildman–Crippen LogP) is -0.361. The van der Waals surface area contributed by atoms with Crippen LogP contribution >= 0.6 is 25.3 Å². The largest absolute Gasteiger partial charge is 0.502 e. The third-order valence-electron chi connectivity index (χ3n) is 0.660. The molecule has 0 radical (unpaired) electrons. The van der Waals surface area contributed by atoms with Gasteiger partial charge in [0.25, 0.3) is 0 Å². The van der Waals surface area contributed by atoms with Crippen molar-refractivity contribution in [3.8, 4) is 0 Å². The van der Waals surface area contributed by atoms with Crippen LogP contribution in [0.2, 0.25) is 0 Å². The molecule has 0 aliphatic carbocycles. The van der Waals surface area contributed by atoms with E-state index in [9.17, 15) is 8.42 Å². The fourth-order valence-corrected chi connectivity index (χ4v) is 1.39. The Morgan fingerprint density at radius 3 is 1.62 bits per heavy atom. The average Bonchev–Trinajstić information content (AvgIpc) is 2.02. The van der Waals surface area contributed by atoms with Gasteiger partial charge in [0.1, 0.15) is 0 Å². The van der Waals surface area contributed by atoms with Crippen LogP contribution in [-0.4, -0.2) is 8.42 Å². The summed E-state index contributed by atoms with van der Waals surface area (Å²) in [7, 11) is -4.25. The maximum absolute atomic E-state index is 10.8. The summed E-state index contributed by atoms with van der Waals surface area (Å²) >= 11 is 7.11. The molecule has 76 valence electrons. The van der Waals surface area contributed by atoms with Crippen LogP contribution in [0, 0.1) is 0 Å². The van der Waals surface area contributed by atoms with Crippen LogP contribution in [0.4, 0.5) is 0 Å². The summed E-state index contributed by atoms with van der Waals surface area (Å²) in [4.78, 5) is 0. The summed E-state index contributed by atoms with van der Waals surface area (Å²) in [6.45, 7) is 0. The van der Waals surface area contributed by atoms with Crippen LogP contribution < -0.4 is 11.5 Å². The van der Waals surface area contributed by atoms with Gasteiger partial charge in [-0.2, -0.15) is 0 Å². The second-order valence-corrected chi connectivity index (χ2v) is 3.62. The Kier molecular flexibility index (Phi) is 4.88. The van der Waals surface area contributed by atoms with E-state index in [1.165, 1.54) is 0 Å². The highest BCUT2D eigenvalue weighted by Crippen LogP contribution is 2.13. The van der Waals surface area contributed by atoms with Gasteiger partial charge in [0.05, 0.1) is 0 Å². The van der Waals surface area contributed by atoms with Gasteiger partial charge in [-0.1, -0.05) is 0 Å². The van der Waals surface area contributed by atoms with E-state index in [1.807, 2.05) is 0 Å². The Morgan fingerprint density at radius 2 is 1.38 bits per heavy atom. The lowest BCUT2D eigenvalue weighted by molar-refractivity contribution is 0.325. The van der Waals surface area contributed by atoms with Gasteiger partial charge in [0.2, 0.25) is 0 Å². The number of thiol groups is 2. The van der Waals surface area contributed by atoms with Crippen molar-refractivity contribution < 1.29 is 16.8 Å². The van der Waals surface area contributed by atoms with E-state index in [0.29, 0.717) is 0 Å². The second-order valence-electron chi connectivity index (χ2n) is 1.58. The van der Waals surface area contributed by atoms with Crippen molar-refractivity contribution in [2.24, 2.45) is 11.5 Å². The molecule has 0 aliphatic rings.